The topological polar surface area (TPSA) is 23.5 Å². The van der Waals surface area contributed by atoms with E-state index in [1.807, 2.05) is 6.20 Å². The fourth-order valence-electron chi connectivity index (χ4n) is 1.32. The molecule has 58 valence electrons. The van der Waals surface area contributed by atoms with E-state index in [-0.39, 0.29) is 0 Å². The highest BCUT2D eigenvalue weighted by Crippen LogP contribution is 2.15. The molecule has 1 N–H and O–H groups in total. The van der Waals surface area contributed by atoms with E-state index in [0.717, 1.165) is 25.9 Å². The molecule has 1 saturated heterocycles. The van der Waals surface area contributed by atoms with Crippen LogP contribution in [-0.2, 0) is 0 Å². The van der Waals surface area contributed by atoms with Gasteiger partial charge in [0, 0.05) is 19.7 Å². The second kappa shape index (κ2) is 3.62. The first-order valence-electron chi connectivity index (χ1n) is 3.84. The van der Waals surface area contributed by atoms with Gasteiger partial charge in [-0.05, 0) is 25.0 Å². The van der Waals surface area contributed by atoms with Gasteiger partial charge in [0.25, 0.3) is 0 Å². The van der Waals surface area contributed by atoms with E-state index >= 15 is 0 Å². The van der Waals surface area contributed by atoms with Crippen LogP contribution in [0.1, 0.15) is 12.8 Å². The minimum absolute atomic E-state index is 0.352. The monoisotopic (exact) mass is 141 g/mol. The summed E-state index contributed by atoms with van der Waals surface area (Å²) in [6, 6.07) is 0. The zero-order chi connectivity index (χ0) is 7.40. The Balaban J connectivity index is 2.23. The number of hydrogen-bond donors (Lipinski definition) is 1. The van der Waals surface area contributed by atoms with Gasteiger partial charge in [-0.1, -0.05) is 6.58 Å². The summed E-state index contributed by atoms with van der Waals surface area (Å²) in [6.07, 6.45) is 4.11. The highest BCUT2D eigenvalue weighted by molar-refractivity contribution is 4.77. The molecule has 0 aromatic heterocycles. The van der Waals surface area contributed by atoms with Gasteiger partial charge >= 0.3 is 0 Å². The molecule has 0 atom stereocenters. The molecule has 0 amide bonds. The minimum Gasteiger partial charge on any atom is -0.396 e. The molecule has 2 nitrogen and oxygen atoms in total. The molecule has 1 fully saturated rings. The Morgan fingerprint density at radius 2 is 2.10 bits per heavy atom. The molecule has 2 heteroatoms. The number of likely N-dealkylation sites (tertiary alicyclic amines) is 1. The number of hydrogen-bond acceptors (Lipinski definition) is 2. The van der Waals surface area contributed by atoms with Crippen LogP contribution in [0, 0.1) is 5.92 Å². The molecule has 0 spiro atoms. The average molecular weight is 141 g/mol. The number of aliphatic hydroxyl groups is 1. The lowest BCUT2D eigenvalue weighted by molar-refractivity contribution is 0.158. The molecule has 0 unspecified atom stereocenters. The third kappa shape index (κ3) is 1.74. The van der Waals surface area contributed by atoms with Gasteiger partial charge in [0.1, 0.15) is 0 Å². The molecule has 1 aliphatic rings. The SMILES string of the molecule is C=CN1CCC(CO)CC1. The summed E-state index contributed by atoms with van der Waals surface area (Å²) in [5.41, 5.74) is 0. The van der Waals surface area contributed by atoms with Gasteiger partial charge in [0.05, 0.1) is 0 Å². The predicted molar refractivity (Wildman–Crippen MR) is 41.6 cm³/mol. The van der Waals surface area contributed by atoms with E-state index in [1.165, 1.54) is 0 Å². The summed E-state index contributed by atoms with van der Waals surface area (Å²) in [7, 11) is 0. The normalized spacial score (nSPS) is 21.1. The third-order valence-corrected chi connectivity index (χ3v) is 2.17. The van der Waals surface area contributed by atoms with Crippen molar-refractivity contribution in [3.8, 4) is 0 Å². The van der Waals surface area contributed by atoms with Crippen molar-refractivity contribution in [2.45, 2.75) is 12.8 Å². The van der Waals surface area contributed by atoms with Crippen LogP contribution >= 0.6 is 0 Å². The Morgan fingerprint density at radius 1 is 1.50 bits per heavy atom. The van der Waals surface area contributed by atoms with Gasteiger partial charge in [-0.25, -0.2) is 0 Å². The minimum atomic E-state index is 0.352. The van der Waals surface area contributed by atoms with Crippen molar-refractivity contribution < 1.29 is 5.11 Å². The maximum Gasteiger partial charge on any atom is 0.0460 e. The molecule has 0 saturated carbocycles. The molecule has 1 heterocycles. The Kier molecular flexibility index (Phi) is 2.75. The van der Waals surface area contributed by atoms with Crippen molar-refractivity contribution in [3.05, 3.63) is 12.8 Å². The Hall–Kier alpha value is -0.500. The van der Waals surface area contributed by atoms with Crippen molar-refractivity contribution in [1.82, 2.24) is 4.90 Å². The summed E-state index contributed by atoms with van der Waals surface area (Å²) in [5.74, 6) is 0.538. The Labute approximate surface area is 62.2 Å². The van der Waals surface area contributed by atoms with Crippen molar-refractivity contribution >= 4 is 0 Å². The molecule has 10 heavy (non-hydrogen) atoms. The second-order valence-electron chi connectivity index (χ2n) is 2.84. The lowest BCUT2D eigenvalue weighted by Gasteiger charge is -2.29. The van der Waals surface area contributed by atoms with E-state index in [9.17, 15) is 0 Å². The molecule has 0 bridgehead atoms. The summed E-state index contributed by atoms with van der Waals surface area (Å²) in [5, 5.41) is 8.81. The van der Waals surface area contributed by atoms with E-state index < -0.39 is 0 Å². The van der Waals surface area contributed by atoms with Crippen molar-refractivity contribution in [3.63, 3.8) is 0 Å². The van der Waals surface area contributed by atoms with Crippen molar-refractivity contribution in [1.29, 1.82) is 0 Å². The predicted octanol–water partition coefficient (Wildman–Crippen LogP) is 0.834. The van der Waals surface area contributed by atoms with Crippen molar-refractivity contribution in [2.24, 2.45) is 5.92 Å². The van der Waals surface area contributed by atoms with Crippen LogP contribution in [0.3, 0.4) is 0 Å². The smallest absolute Gasteiger partial charge is 0.0460 e. The van der Waals surface area contributed by atoms with Crippen LogP contribution in [0.4, 0.5) is 0 Å². The lowest BCUT2D eigenvalue weighted by atomic mass is 9.98. The highest BCUT2D eigenvalue weighted by Gasteiger charge is 2.14. The van der Waals surface area contributed by atoms with Gasteiger partial charge in [-0.3, -0.25) is 0 Å². The van der Waals surface area contributed by atoms with Crippen LogP contribution in [0.15, 0.2) is 12.8 Å². The third-order valence-electron chi connectivity index (χ3n) is 2.17. The fraction of sp³-hybridized carbons (Fsp3) is 0.750. The maximum atomic E-state index is 8.81. The molecule has 0 radical (unpaired) electrons. The van der Waals surface area contributed by atoms with Crippen LogP contribution < -0.4 is 0 Å². The lowest BCUT2D eigenvalue weighted by Crippen LogP contribution is -2.30. The maximum absolute atomic E-state index is 8.81. The van der Waals surface area contributed by atoms with Crippen LogP contribution in [0.2, 0.25) is 0 Å². The van der Waals surface area contributed by atoms with Crippen LogP contribution in [-0.4, -0.2) is 29.7 Å². The first-order valence-corrected chi connectivity index (χ1v) is 3.84. The molecule has 1 aliphatic heterocycles. The van der Waals surface area contributed by atoms with E-state index in [1.54, 1.807) is 0 Å². The largest absolute Gasteiger partial charge is 0.396 e. The number of rotatable bonds is 2. The molecule has 0 aromatic carbocycles. The zero-order valence-corrected chi connectivity index (χ0v) is 6.29. The van der Waals surface area contributed by atoms with E-state index in [2.05, 4.69) is 11.5 Å². The summed E-state index contributed by atoms with van der Waals surface area (Å²) in [6.45, 7) is 6.18. The first kappa shape index (κ1) is 7.61. The Morgan fingerprint density at radius 3 is 2.50 bits per heavy atom. The standard InChI is InChI=1S/C8H15NO/c1-2-9-5-3-8(7-10)4-6-9/h2,8,10H,1,3-7H2. The van der Waals surface area contributed by atoms with Gasteiger partial charge in [-0.15, -0.1) is 0 Å². The molecule has 0 aromatic rings. The first-order chi connectivity index (χ1) is 4.86. The van der Waals surface area contributed by atoms with E-state index in [4.69, 9.17) is 5.11 Å². The van der Waals surface area contributed by atoms with Crippen molar-refractivity contribution in [2.75, 3.05) is 19.7 Å². The highest BCUT2D eigenvalue weighted by atomic mass is 16.3. The summed E-state index contributed by atoms with van der Waals surface area (Å²) in [4.78, 5) is 2.20. The fourth-order valence-corrected chi connectivity index (χ4v) is 1.32. The number of aliphatic hydroxyl groups excluding tert-OH is 1. The number of piperidine rings is 1. The summed E-state index contributed by atoms with van der Waals surface area (Å²) >= 11 is 0. The summed E-state index contributed by atoms with van der Waals surface area (Å²) < 4.78 is 0. The molecular formula is C8H15NO. The van der Waals surface area contributed by atoms with Gasteiger partial charge < -0.3 is 10.0 Å². The van der Waals surface area contributed by atoms with Crippen LogP contribution in [0.5, 0.6) is 0 Å². The quantitative estimate of drug-likeness (QED) is 0.616. The van der Waals surface area contributed by atoms with Crippen LogP contribution in [0.25, 0.3) is 0 Å². The van der Waals surface area contributed by atoms with Gasteiger partial charge in [0.2, 0.25) is 0 Å². The zero-order valence-electron chi connectivity index (χ0n) is 6.29. The molecule has 1 rings (SSSR count). The molecule has 0 aliphatic carbocycles. The van der Waals surface area contributed by atoms with Gasteiger partial charge in [-0.2, -0.15) is 0 Å². The van der Waals surface area contributed by atoms with E-state index in [0.29, 0.717) is 12.5 Å². The second-order valence-corrected chi connectivity index (χ2v) is 2.84. The Bertz CT molecular complexity index is 106. The average Bonchev–Trinajstić information content (AvgIpc) is 2.05. The molecular weight excluding hydrogens is 126 g/mol. The van der Waals surface area contributed by atoms with Gasteiger partial charge in [0.15, 0.2) is 0 Å². The number of nitrogens with zero attached hydrogens (tertiary/aromatic N) is 1.